The zero-order chi connectivity index (χ0) is 18.8. The maximum Gasteiger partial charge on any atom is 0.276 e. The van der Waals surface area contributed by atoms with Gasteiger partial charge in [-0.3, -0.25) is 14.3 Å². The molecule has 0 aliphatic heterocycles. The number of benzene rings is 2. The number of hydrogen-bond donors (Lipinski definition) is 1. The lowest BCUT2D eigenvalue weighted by Crippen LogP contribution is -2.24. The molecular weight excluding hydrogens is 332 g/mol. The normalized spacial score (nSPS) is 10.6. The van der Waals surface area contributed by atoms with Crippen molar-refractivity contribution in [3.8, 4) is 5.75 Å². The first-order valence-corrected chi connectivity index (χ1v) is 8.04. The Morgan fingerprint density at radius 2 is 1.85 bits per heavy atom. The van der Waals surface area contributed by atoms with Crippen molar-refractivity contribution >= 4 is 28.3 Å². The van der Waals surface area contributed by atoms with Gasteiger partial charge in [-0.1, -0.05) is 24.3 Å². The van der Waals surface area contributed by atoms with Gasteiger partial charge in [-0.25, -0.2) is 0 Å². The standard InChI is InChI=1S/C19H20N4O3/c1-22(2)19(25)17-14(11-23(3)21-17)20-18(24)13-9-5-7-12-8-6-10-15(26-4)16(12)13/h5-11H,1-4H3,(H,20,24). The van der Waals surface area contributed by atoms with Crippen LogP contribution in [-0.4, -0.2) is 47.7 Å². The molecule has 1 N–H and O–H groups in total. The molecule has 0 bridgehead atoms. The van der Waals surface area contributed by atoms with Gasteiger partial charge >= 0.3 is 0 Å². The van der Waals surface area contributed by atoms with Crippen molar-refractivity contribution in [1.29, 1.82) is 0 Å². The number of methoxy groups -OCH3 is 1. The van der Waals surface area contributed by atoms with Crippen molar-refractivity contribution in [3.63, 3.8) is 0 Å². The fourth-order valence-electron chi connectivity index (χ4n) is 2.81. The summed E-state index contributed by atoms with van der Waals surface area (Å²) >= 11 is 0. The summed E-state index contributed by atoms with van der Waals surface area (Å²) in [6.45, 7) is 0. The molecule has 134 valence electrons. The maximum atomic E-state index is 12.9. The van der Waals surface area contributed by atoms with E-state index in [1.54, 1.807) is 40.5 Å². The molecule has 0 saturated carbocycles. The Morgan fingerprint density at radius 1 is 1.15 bits per heavy atom. The summed E-state index contributed by atoms with van der Waals surface area (Å²) in [5.41, 5.74) is 1.02. The average molecular weight is 352 g/mol. The number of fused-ring (bicyclic) bond motifs is 1. The minimum Gasteiger partial charge on any atom is -0.496 e. The van der Waals surface area contributed by atoms with Gasteiger partial charge in [0, 0.05) is 32.7 Å². The molecule has 26 heavy (non-hydrogen) atoms. The molecule has 1 aromatic heterocycles. The zero-order valence-electron chi connectivity index (χ0n) is 15.1. The van der Waals surface area contributed by atoms with Crippen LogP contribution in [0.1, 0.15) is 20.8 Å². The smallest absolute Gasteiger partial charge is 0.276 e. The number of amides is 2. The van der Waals surface area contributed by atoms with Crippen molar-refractivity contribution < 1.29 is 14.3 Å². The number of aromatic nitrogens is 2. The van der Waals surface area contributed by atoms with E-state index in [9.17, 15) is 9.59 Å². The minimum absolute atomic E-state index is 0.193. The van der Waals surface area contributed by atoms with E-state index in [1.165, 1.54) is 9.58 Å². The summed E-state index contributed by atoms with van der Waals surface area (Å²) in [4.78, 5) is 26.6. The molecule has 0 atom stereocenters. The zero-order valence-corrected chi connectivity index (χ0v) is 15.1. The summed E-state index contributed by atoms with van der Waals surface area (Å²) in [7, 11) is 6.54. The predicted molar refractivity (Wildman–Crippen MR) is 99.7 cm³/mol. The number of carbonyl (C=O) groups excluding carboxylic acids is 2. The van der Waals surface area contributed by atoms with Crippen LogP contribution in [0, 0.1) is 0 Å². The molecule has 0 aliphatic rings. The SMILES string of the molecule is COc1cccc2cccc(C(=O)Nc3cn(C)nc3C(=O)N(C)C)c12. The van der Waals surface area contributed by atoms with Gasteiger partial charge in [-0.15, -0.1) is 0 Å². The van der Waals surface area contributed by atoms with Crippen molar-refractivity contribution in [2.45, 2.75) is 0 Å². The largest absolute Gasteiger partial charge is 0.496 e. The highest BCUT2D eigenvalue weighted by atomic mass is 16.5. The molecule has 2 aromatic carbocycles. The lowest BCUT2D eigenvalue weighted by molar-refractivity contribution is 0.0822. The van der Waals surface area contributed by atoms with Gasteiger partial charge in [0.2, 0.25) is 0 Å². The third-order valence-electron chi connectivity index (χ3n) is 4.02. The van der Waals surface area contributed by atoms with Crippen molar-refractivity contribution in [2.24, 2.45) is 7.05 Å². The first-order valence-electron chi connectivity index (χ1n) is 8.04. The quantitative estimate of drug-likeness (QED) is 0.783. The Kier molecular flexibility index (Phi) is 4.62. The van der Waals surface area contributed by atoms with Crippen LogP contribution in [0.2, 0.25) is 0 Å². The molecule has 0 saturated heterocycles. The Balaban J connectivity index is 2.03. The second kappa shape index (κ2) is 6.87. The summed E-state index contributed by atoms with van der Waals surface area (Å²) in [6.07, 6.45) is 1.61. The van der Waals surface area contributed by atoms with E-state index in [4.69, 9.17) is 4.74 Å². The van der Waals surface area contributed by atoms with E-state index in [1.807, 2.05) is 30.3 Å². The lowest BCUT2D eigenvalue weighted by atomic mass is 10.0. The molecule has 7 nitrogen and oxygen atoms in total. The number of ether oxygens (including phenoxy) is 1. The van der Waals surface area contributed by atoms with Crippen LogP contribution in [0.5, 0.6) is 5.75 Å². The van der Waals surface area contributed by atoms with E-state index in [0.29, 0.717) is 17.0 Å². The van der Waals surface area contributed by atoms with E-state index in [2.05, 4.69) is 10.4 Å². The highest BCUT2D eigenvalue weighted by Crippen LogP contribution is 2.29. The van der Waals surface area contributed by atoms with Crippen LogP contribution in [0.25, 0.3) is 10.8 Å². The van der Waals surface area contributed by atoms with Crippen molar-refractivity contribution in [3.05, 3.63) is 53.9 Å². The monoisotopic (exact) mass is 352 g/mol. The summed E-state index contributed by atoms with van der Waals surface area (Å²) in [5, 5.41) is 8.58. The third kappa shape index (κ3) is 3.11. The van der Waals surface area contributed by atoms with Gasteiger partial charge < -0.3 is 15.0 Å². The van der Waals surface area contributed by atoms with Gasteiger partial charge in [0.15, 0.2) is 5.69 Å². The van der Waals surface area contributed by atoms with E-state index < -0.39 is 0 Å². The maximum absolute atomic E-state index is 12.9. The van der Waals surface area contributed by atoms with E-state index in [0.717, 1.165) is 10.8 Å². The number of anilines is 1. The molecular formula is C19H20N4O3. The van der Waals surface area contributed by atoms with Crippen LogP contribution in [0.15, 0.2) is 42.6 Å². The molecule has 0 radical (unpaired) electrons. The summed E-state index contributed by atoms with van der Waals surface area (Å²) in [5.74, 6) is 0.00124. The highest BCUT2D eigenvalue weighted by Gasteiger charge is 2.21. The Labute approximate surface area is 151 Å². The number of nitrogens with one attached hydrogen (secondary N) is 1. The van der Waals surface area contributed by atoms with Gasteiger partial charge in [0.1, 0.15) is 5.75 Å². The predicted octanol–water partition coefficient (Wildman–Crippen LogP) is 2.54. The average Bonchev–Trinajstić information content (AvgIpc) is 2.99. The number of carbonyl (C=O) groups is 2. The Morgan fingerprint density at radius 3 is 2.50 bits per heavy atom. The summed E-state index contributed by atoms with van der Waals surface area (Å²) in [6, 6.07) is 11.1. The first kappa shape index (κ1) is 17.5. The van der Waals surface area contributed by atoms with Crippen LogP contribution in [0.3, 0.4) is 0 Å². The van der Waals surface area contributed by atoms with Crippen molar-refractivity contribution in [1.82, 2.24) is 14.7 Å². The van der Waals surface area contributed by atoms with Crippen LogP contribution < -0.4 is 10.1 Å². The van der Waals surface area contributed by atoms with Gasteiger partial charge in [0.25, 0.3) is 11.8 Å². The third-order valence-corrected chi connectivity index (χ3v) is 4.02. The fraction of sp³-hybridized carbons (Fsp3) is 0.211. The molecule has 3 rings (SSSR count). The van der Waals surface area contributed by atoms with Crippen LogP contribution in [-0.2, 0) is 7.05 Å². The minimum atomic E-state index is -0.332. The molecule has 0 spiro atoms. The fourth-order valence-corrected chi connectivity index (χ4v) is 2.81. The van der Waals surface area contributed by atoms with Crippen molar-refractivity contribution in [2.75, 3.05) is 26.5 Å². The van der Waals surface area contributed by atoms with Gasteiger partial charge in [-0.05, 0) is 17.5 Å². The lowest BCUT2D eigenvalue weighted by Gasteiger charge is -2.12. The number of nitrogens with zero attached hydrogens (tertiary/aromatic N) is 3. The number of hydrogen-bond acceptors (Lipinski definition) is 4. The molecule has 0 aliphatic carbocycles. The van der Waals surface area contributed by atoms with Crippen LogP contribution in [0.4, 0.5) is 5.69 Å². The molecule has 3 aromatic rings. The molecule has 2 amide bonds. The highest BCUT2D eigenvalue weighted by molar-refractivity contribution is 6.15. The van der Waals surface area contributed by atoms with E-state index >= 15 is 0 Å². The Hall–Kier alpha value is -3.35. The summed E-state index contributed by atoms with van der Waals surface area (Å²) < 4.78 is 6.90. The second-order valence-corrected chi connectivity index (χ2v) is 6.08. The van der Waals surface area contributed by atoms with Gasteiger partial charge in [0.05, 0.1) is 18.4 Å². The molecule has 7 heteroatoms. The number of rotatable bonds is 4. The molecule has 0 unspecified atom stereocenters. The second-order valence-electron chi connectivity index (χ2n) is 6.08. The number of aryl methyl sites for hydroxylation is 1. The topological polar surface area (TPSA) is 76.5 Å². The first-order chi connectivity index (χ1) is 12.4. The Bertz CT molecular complexity index is 986. The molecule has 1 heterocycles. The van der Waals surface area contributed by atoms with Crippen LogP contribution >= 0.6 is 0 Å². The molecule has 0 fully saturated rings. The van der Waals surface area contributed by atoms with Gasteiger partial charge in [-0.2, -0.15) is 5.10 Å². The van der Waals surface area contributed by atoms with E-state index in [-0.39, 0.29) is 17.5 Å².